The van der Waals surface area contributed by atoms with Gasteiger partial charge >= 0.3 is 0 Å². The first-order chi connectivity index (χ1) is 15.6. The Balaban J connectivity index is 1.34. The number of piperidine rings is 1. The molecule has 32 heavy (non-hydrogen) atoms. The lowest BCUT2D eigenvalue weighted by atomic mass is 9.61. The van der Waals surface area contributed by atoms with Crippen molar-refractivity contribution in [1.29, 1.82) is 0 Å². The summed E-state index contributed by atoms with van der Waals surface area (Å²) in [6, 6.07) is 10.4. The molecule has 3 heterocycles. The van der Waals surface area contributed by atoms with E-state index in [0.29, 0.717) is 18.4 Å². The molecule has 4 aliphatic rings. The molecular weight excluding hydrogens is 418 g/mol. The summed E-state index contributed by atoms with van der Waals surface area (Å²) in [6.07, 6.45) is 9.78. The molecule has 174 valence electrons. The van der Waals surface area contributed by atoms with E-state index >= 15 is 0 Å². The Labute approximate surface area is 198 Å². The molecule has 0 aromatic heterocycles. The molecule has 5 heteroatoms. The lowest BCUT2D eigenvalue weighted by molar-refractivity contribution is -0.208. The quantitative estimate of drug-likeness (QED) is 0.293. The Bertz CT molecular complexity index is 839. The van der Waals surface area contributed by atoms with Crippen LogP contribution in [0.4, 0.5) is 0 Å². The number of hydrogen-bond acceptors (Lipinski definition) is 4. The maximum Gasteiger partial charge on any atom is 0.172 e. The van der Waals surface area contributed by atoms with Crippen LogP contribution in [0.2, 0.25) is 0 Å². The zero-order valence-corrected chi connectivity index (χ0v) is 20.2. The molecule has 0 radical (unpaired) electrons. The highest BCUT2D eigenvalue weighted by atomic mass is 32.1. The molecule has 0 unspecified atom stereocenters. The molecule has 4 atom stereocenters. The average Bonchev–Trinajstić information content (AvgIpc) is 3.48. The Kier molecular flexibility index (Phi) is 6.21. The van der Waals surface area contributed by atoms with Crippen LogP contribution in [0.1, 0.15) is 57.4 Å². The minimum atomic E-state index is -0.388. The molecule has 4 nitrogen and oxygen atoms in total. The maximum atomic E-state index is 6.32. The Morgan fingerprint density at radius 2 is 2.03 bits per heavy atom. The van der Waals surface area contributed by atoms with E-state index in [1.165, 1.54) is 29.8 Å². The molecule has 1 saturated carbocycles. The van der Waals surface area contributed by atoms with Gasteiger partial charge in [0, 0.05) is 36.9 Å². The first-order valence-electron chi connectivity index (χ1n) is 12.4. The first kappa shape index (κ1) is 22.5. The Hall–Kier alpha value is -1.27. The van der Waals surface area contributed by atoms with Crippen molar-refractivity contribution in [3.63, 3.8) is 0 Å². The molecule has 0 bridgehead atoms. The fraction of sp³-hybridized carbons (Fsp3) is 0.667. The third-order valence-corrected chi connectivity index (χ3v) is 9.42. The molecule has 3 aliphatic heterocycles. The highest BCUT2D eigenvalue weighted by Gasteiger charge is 2.69. The number of ether oxygens (including phenoxy) is 3. The minimum absolute atomic E-state index is 0.0200. The summed E-state index contributed by atoms with van der Waals surface area (Å²) in [7, 11) is 0. The summed E-state index contributed by atoms with van der Waals surface area (Å²) in [4.78, 5) is 3.78. The summed E-state index contributed by atoms with van der Waals surface area (Å²) in [5.74, 6) is 0.492. The van der Waals surface area contributed by atoms with Gasteiger partial charge in [0.05, 0.1) is 24.8 Å². The predicted molar refractivity (Wildman–Crippen MR) is 130 cm³/mol. The van der Waals surface area contributed by atoms with Gasteiger partial charge in [0.25, 0.3) is 0 Å². The Morgan fingerprint density at radius 1 is 1.25 bits per heavy atom. The van der Waals surface area contributed by atoms with Gasteiger partial charge in [-0.25, -0.2) is 0 Å². The van der Waals surface area contributed by atoms with Crippen LogP contribution in [0.5, 0.6) is 0 Å². The van der Waals surface area contributed by atoms with Gasteiger partial charge in [-0.05, 0) is 43.1 Å². The lowest BCUT2D eigenvalue weighted by Crippen LogP contribution is -2.58. The number of rotatable bonds is 8. The lowest BCUT2D eigenvalue weighted by Gasteiger charge is -2.50. The molecular formula is C27H37NO3S. The first-order valence-corrected chi connectivity index (χ1v) is 12.8. The van der Waals surface area contributed by atoms with Crippen molar-refractivity contribution in [2.24, 2.45) is 17.3 Å². The number of allylic oxidation sites excluding steroid dienone is 1. The highest BCUT2D eigenvalue weighted by Crippen LogP contribution is 2.65. The van der Waals surface area contributed by atoms with E-state index in [0.717, 1.165) is 52.0 Å². The number of nitrogens with zero attached hydrogens (tertiary/aromatic N) is 1. The van der Waals surface area contributed by atoms with E-state index in [2.05, 4.69) is 48.7 Å². The van der Waals surface area contributed by atoms with Crippen LogP contribution in [-0.2, 0) is 20.8 Å². The van der Waals surface area contributed by atoms with Gasteiger partial charge in [0.15, 0.2) is 5.79 Å². The summed E-state index contributed by atoms with van der Waals surface area (Å²) in [5.41, 5.74) is 1.29. The largest absolute Gasteiger partial charge is 0.377 e. The van der Waals surface area contributed by atoms with Crippen LogP contribution in [0.15, 0.2) is 43.0 Å². The molecule has 1 aromatic rings. The zero-order valence-electron chi connectivity index (χ0n) is 19.4. The van der Waals surface area contributed by atoms with E-state index in [4.69, 9.17) is 26.4 Å². The fourth-order valence-corrected chi connectivity index (χ4v) is 8.09. The predicted octanol–water partition coefficient (Wildman–Crippen LogP) is 5.51. The van der Waals surface area contributed by atoms with Crippen molar-refractivity contribution in [3.8, 4) is 0 Å². The van der Waals surface area contributed by atoms with E-state index < -0.39 is 0 Å². The molecule has 0 N–H and O–H groups in total. The van der Waals surface area contributed by atoms with Crippen LogP contribution >= 0.6 is 12.2 Å². The average molecular weight is 456 g/mol. The third-order valence-electron chi connectivity index (χ3n) is 8.82. The molecule has 4 fully saturated rings. The van der Waals surface area contributed by atoms with E-state index in [1.54, 1.807) is 0 Å². The molecule has 0 amide bonds. The second-order valence-electron chi connectivity index (χ2n) is 10.2. The van der Waals surface area contributed by atoms with Gasteiger partial charge < -0.3 is 19.1 Å². The number of benzene rings is 1. The molecule has 3 saturated heterocycles. The van der Waals surface area contributed by atoms with Crippen LogP contribution in [0, 0.1) is 17.3 Å². The summed E-state index contributed by atoms with van der Waals surface area (Å²) < 4.78 is 18.5. The summed E-state index contributed by atoms with van der Waals surface area (Å²) in [6.45, 7) is 10.4. The molecule has 1 aliphatic carbocycles. The molecule has 2 spiro atoms. The monoisotopic (exact) mass is 455 g/mol. The van der Waals surface area contributed by atoms with Crippen LogP contribution in [0.25, 0.3) is 0 Å². The normalized spacial score (nSPS) is 34.0. The highest BCUT2D eigenvalue weighted by molar-refractivity contribution is 7.80. The summed E-state index contributed by atoms with van der Waals surface area (Å²) >= 11 is 6.32. The number of thiocarbonyl (C=S) groups is 1. The number of hydrogen-bond donors (Lipinski definition) is 0. The maximum absolute atomic E-state index is 6.32. The van der Waals surface area contributed by atoms with Crippen molar-refractivity contribution in [2.75, 3.05) is 26.4 Å². The fourth-order valence-electron chi connectivity index (χ4n) is 7.39. The van der Waals surface area contributed by atoms with Crippen molar-refractivity contribution >= 4 is 17.2 Å². The molecule has 1 aromatic carbocycles. The standard InChI is InChI=1S/C27H37NO3S/c1-3-21(2)27(13-8-16-29-19-22-9-5-4-6-10-22)23-11-7-12-25(23)20-26(30-17-18-31-26)14-15-28(25)24(27)32/h3-6,9-10,21,23H,1,7-8,11-20H2,2H3/t21-,23+,25+,27+/m0/s1. The molecule has 5 rings (SSSR count). The smallest absolute Gasteiger partial charge is 0.172 e. The van der Waals surface area contributed by atoms with Gasteiger partial charge in [0.2, 0.25) is 0 Å². The third kappa shape index (κ3) is 3.48. The topological polar surface area (TPSA) is 30.9 Å². The minimum Gasteiger partial charge on any atom is -0.377 e. The second kappa shape index (κ2) is 8.83. The summed E-state index contributed by atoms with van der Waals surface area (Å²) in [5, 5.41) is 0. The van der Waals surface area contributed by atoms with Gasteiger partial charge in [-0.15, -0.1) is 6.58 Å². The zero-order chi connectivity index (χ0) is 22.2. The van der Waals surface area contributed by atoms with Crippen LogP contribution in [-0.4, -0.2) is 47.6 Å². The SMILES string of the molecule is C=C[C@H](C)[C@@]1(CCCOCc2ccccc2)C(=S)N2CCC3(C[C@@]24CCC[C@@H]14)OCCO3. The van der Waals surface area contributed by atoms with Gasteiger partial charge in [0.1, 0.15) is 0 Å². The van der Waals surface area contributed by atoms with Gasteiger partial charge in [-0.2, -0.15) is 0 Å². The van der Waals surface area contributed by atoms with Crippen molar-refractivity contribution in [2.45, 2.75) is 69.8 Å². The van der Waals surface area contributed by atoms with E-state index in [1.807, 2.05) is 6.07 Å². The van der Waals surface area contributed by atoms with Crippen LogP contribution < -0.4 is 0 Å². The van der Waals surface area contributed by atoms with E-state index in [-0.39, 0.29) is 16.7 Å². The van der Waals surface area contributed by atoms with Crippen LogP contribution in [0.3, 0.4) is 0 Å². The Morgan fingerprint density at radius 3 is 2.78 bits per heavy atom. The van der Waals surface area contributed by atoms with Gasteiger partial charge in [-0.1, -0.05) is 62.0 Å². The van der Waals surface area contributed by atoms with E-state index in [9.17, 15) is 0 Å². The van der Waals surface area contributed by atoms with Gasteiger partial charge in [-0.3, -0.25) is 0 Å². The van der Waals surface area contributed by atoms with Crippen molar-refractivity contribution in [1.82, 2.24) is 4.90 Å². The van der Waals surface area contributed by atoms with Crippen molar-refractivity contribution < 1.29 is 14.2 Å². The second-order valence-corrected chi connectivity index (χ2v) is 10.6. The van der Waals surface area contributed by atoms with Crippen molar-refractivity contribution in [3.05, 3.63) is 48.6 Å².